The highest BCUT2D eigenvalue weighted by molar-refractivity contribution is 7.77. The lowest BCUT2D eigenvalue weighted by molar-refractivity contribution is -0.0567. The standard InChI is InChI=1S/C117H172O8P2/c1-102(2)80-28-36-110(102,17)94(56-80)118-64-72-44-73(65-119-95-57-81-29-37-111(95,18)103(81,3)4)49-88(48-72)126(89-50-74(66-120-96-58-82-30-38-112(96,19)104(82,5)6)45-75(51-89)67-121-97-59-83-31-39-113(97,20)105(83,7)8)92-26-25-27-93(92)127(90-52-76(68-122-98-60-84-32-40-114(98,21)106(84,9)10)46-77(53-90)69-123-99-61-85-33-41-115(99,22)107(85,11)12)91-54-78(70-124-100-62-86-34-42-116(100,23)108(86,13)14)47-79(55-91)71-125-101-63-87-35-43-117(101,24)109(87,15)16/h44-55,80-87,92-101H,25-43,56-71H2,1-24H3. The monoisotopic (exact) mass is 1770 g/mol. The van der Waals surface area contributed by atoms with Crippen LogP contribution in [0.2, 0.25) is 0 Å². The Balaban J connectivity index is 0.741. The van der Waals surface area contributed by atoms with E-state index in [9.17, 15) is 0 Å². The molecule has 0 N–H and O–H groups in total. The third-order valence-electron chi connectivity index (χ3n) is 48.7. The van der Waals surface area contributed by atoms with Crippen molar-refractivity contribution in [2.45, 2.75) is 453 Å². The van der Waals surface area contributed by atoms with Crippen molar-refractivity contribution in [2.75, 3.05) is 0 Å². The van der Waals surface area contributed by atoms with Crippen LogP contribution >= 0.6 is 15.8 Å². The quantitative estimate of drug-likeness (QED) is 0.0478. The first-order valence-corrected chi connectivity index (χ1v) is 55.6. The van der Waals surface area contributed by atoms with Gasteiger partial charge in [0.25, 0.3) is 0 Å². The Bertz CT molecular complexity index is 4000. The number of hydrogen-bond acceptors (Lipinski definition) is 8. The Hall–Kier alpha value is -2.58. The molecule has 21 rings (SSSR count). The van der Waals surface area contributed by atoms with Crippen LogP contribution in [0, 0.1) is 134 Å². The van der Waals surface area contributed by atoms with Crippen LogP contribution in [0.25, 0.3) is 0 Å². The van der Waals surface area contributed by atoms with Gasteiger partial charge in [0.15, 0.2) is 0 Å². The van der Waals surface area contributed by atoms with Crippen molar-refractivity contribution in [3.63, 3.8) is 0 Å². The average Bonchev–Trinajstić information content (AvgIpc) is 1.61. The molecule has 698 valence electrons. The van der Waals surface area contributed by atoms with Crippen molar-refractivity contribution >= 4 is 37.1 Å². The van der Waals surface area contributed by atoms with Gasteiger partial charge in [0.05, 0.1) is 102 Å². The van der Waals surface area contributed by atoms with Gasteiger partial charge in [-0.3, -0.25) is 0 Å². The van der Waals surface area contributed by atoms with Crippen molar-refractivity contribution in [2.24, 2.45) is 134 Å². The van der Waals surface area contributed by atoms with Crippen molar-refractivity contribution in [1.29, 1.82) is 0 Å². The molecule has 0 heterocycles. The first-order valence-electron chi connectivity index (χ1n) is 52.8. The molecule has 10 heteroatoms. The fourth-order valence-electron chi connectivity index (χ4n) is 35.4. The third kappa shape index (κ3) is 13.5. The van der Waals surface area contributed by atoms with Gasteiger partial charge < -0.3 is 37.9 Å². The van der Waals surface area contributed by atoms with Crippen LogP contribution in [0.4, 0.5) is 0 Å². The summed E-state index contributed by atoms with van der Waals surface area (Å²) >= 11 is 0. The summed E-state index contributed by atoms with van der Waals surface area (Å²) in [5.41, 5.74) is 14.3. The van der Waals surface area contributed by atoms with Crippen LogP contribution in [-0.4, -0.2) is 60.1 Å². The van der Waals surface area contributed by atoms with Crippen LogP contribution in [0.1, 0.15) is 384 Å². The highest BCUT2D eigenvalue weighted by Crippen LogP contribution is 2.74. The molecule has 8 nitrogen and oxygen atoms in total. The van der Waals surface area contributed by atoms with E-state index >= 15 is 0 Å². The molecule has 0 radical (unpaired) electrons. The molecule has 16 bridgehead atoms. The first kappa shape index (κ1) is 90.9. The number of rotatable bonds is 30. The van der Waals surface area contributed by atoms with Crippen molar-refractivity contribution < 1.29 is 37.9 Å². The molecule has 4 aromatic rings. The van der Waals surface area contributed by atoms with E-state index < -0.39 is 15.8 Å². The summed E-state index contributed by atoms with van der Waals surface area (Å²) in [6.45, 7) is 66.6. The minimum atomic E-state index is -1.13. The second kappa shape index (κ2) is 31.0. The minimum absolute atomic E-state index is 0.140. The average molecular weight is 1770 g/mol. The number of hydrogen-bond donors (Lipinski definition) is 0. The molecule has 0 amide bonds. The molecule has 0 spiro atoms. The number of ether oxygens (including phenoxy) is 8. The van der Waals surface area contributed by atoms with E-state index in [0.717, 1.165) is 64.2 Å². The Kier molecular flexibility index (Phi) is 22.2. The largest absolute Gasteiger partial charge is 0.373 e. The predicted octanol–water partition coefficient (Wildman–Crippen LogP) is 28.0. The summed E-state index contributed by atoms with van der Waals surface area (Å²) in [5, 5.41) is 5.99. The summed E-state index contributed by atoms with van der Waals surface area (Å²) in [5.74, 6) is 5.55. The molecule has 127 heavy (non-hydrogen) atoms. The molecule has 0 saturated heterocycles. The first-order chi connectivity index (χ1) is 59.7. The highest BCUT2D eigenvalue weighted by atomic mass is 31.1. The SMILES string of the molecule is CC1(C)C2CCC1(C)C(OCc1cc(COC3CC4CCC3(C)C4(C)C)cc(P(c3cc(COC4CC5CCC4(C)C5(C)C)cc(COC4CC5CCC4(C)C5(C)C)c3)C3CCCC3P(c3cc(COC4CC5CCC4(C)C5(C)C)cc(COC4CC5CCC4(C)C5(C)C)c3)c3cc(COC4CC5CCC4(C)C5(C)C)cc(COC4CC5CCC4(C)C5(C)C)c3)c1)C2. The van der Waals surface area contributed by atoms with Gasteiger partial charge in [0.2, 0.25) is 0 Å². The van der Waals surface area contributed by atoms with Crippen LogP contribution in [0.5, 0.6) is 0 Å². The Morgan fingerprint density at radius 1 is 0.197 bits per heavy atom. The number of fused-ring (bicyclic) bond motifs is 16. The van der Waals surface area contributed by atoms with E-state index in [1.54, 1.807) is 0 Å². The normalized spacial score (nSPS) is 43.9. The second-order valence-electron chi connectivity index (χ2n) is 54.1. The zero-order valence-electron chi connectivity index (χ0n) is 84.2. The van der Waals surface area contributed by atoms with Crippen molar-refractivity contribution in [3.05, 3.63) is 117 Å². The van der Waals surface area contributed by atoms with Crippen LogP contribution in [0.3, 0.4) is 0 Å². The van der Waals surface area contributed by atoms with E-state index in [4.69, 9.17) is 37.9 Å². The van der Waals surface area contributed by atoms with Gasteiger partial charge in [-0.2, -0.15) is 0 Å². The molecular formula is C117H172O8P2. The lowest BCUT2D eigenvalue weighted by atomic mass is 9.70. The van der Waals surface area contributed by atoms with Crippen molar-refractivity contribution in [1.82, 2.24) is 0 Å². The van der Waals surface area contributed by atoms with Gasteiger partial charge in [-0.1, -0.05) is 197 Å². The fourth-order valence-corrected chi connectivity index (χ4v) is 42.7. The maximum Gasteiger partial charge on any atom is 0.0721 e. The zero-order valence-corrected chi connectivity index (χ0v) is 86.0. The van der Waals surface area contributed by atoms with Crippen LogP contribution in [0.15, 0.2) is 72.8 Å². The van der Waals surface area contributed by atoms with Gasteiger partial charge in [-0.05, 0) is 442 Å². The van der Waals surface area contributed by atoms with E-state index in [1.165, 1.54) is 175 Å². The van der Waals surface area contributed by atoms with Crippen LogP contribution in [-0.2, 0) is 90.7 Å². The smallest absolute Gasteiger partial charge is 0.0721 e. The van der Waals surface area contributed by atoms with Gasteiger partial charge in [0, 0.05) is 0 Å². The predicted molar refractivity (Wildman–Crippen MR) is 522 cm³/mol. The Labute approximate surface area is 773 Å². The molecule has 17 saturated carbocycles. The second-order valence-corrected chi connectivity index (χ2v) is 59.0. The fraction of sp³-hybridized carbons (Fsp3) is 0.795. The number of benzene rings is 4. The Morgan fingerprint density at radius 3 is 0.441 bits per heavy atom. The topological polar surface area (TPSA) is 73.8 Å². The summed E-state index contributed by atoms with van der Waals surface area (Å²) < 4.78 is 61.4. The van der Waals surface area contributed by atoms with E-state index in [1.807, 2.05) is 0 Å². The lowest BCUT2D eigenvalue weighted by Gasteiger charge is -2.40. The van der Waals surface area contributed by atoms with E-state index in [-0.39, 0.29) is 135 Å². The minimum Gasteiger partial charge on any atom is -0.373 e. The summed E-state index contributed by atoms with van der Waals surface area (Å²) in [6, 6.07) is 32.1. The summed E-state index contributed by atoms with van der Waals surface area (Å²) in [6.07, 6.45) is 35.0. The summed E-state index contributed by atoms with van der Waals surface area (Å²) in [7, 11) is -2.27. The van der Waals surface area contributed by atoms with Gasteiger partial charge >= 0.3 is 0 Å². The Morgan fingerprint density at radius 2 is 0.331 bits per heavy atom. The van der Waals surface area contributed by atoms with E-state index in [2.05, 4.69) is 239 Å². The third-order valence-corrected chi connectivity index (χ3v) is 54.7. The maximum atomic E-state index is 7.68. The van der Waals surface area contributed by atoms with Gasteiger partial charge in [-0.25, -0.2) is 0 Å². The lowest BCUT2D eigenvalue weighted by Crippen LogP contribution is -2.37. The zero-order chi connectivity index (χ0) is 89.4. The molecule has 17 fully saturated rings. The van der Waals surface area contributed by atoms with Crippen molar-refractivity contribution in [3.8, 4) is 0 Å². The van der Waals surface area contributed by atoms with Gasteiger partial charge in [0.1, 0.15) is 0 Å². The molecule has 4 aromatic carbocycles. The molecule has 0 aliphatic heterocycles. The van der Waals surface area contributed by atoms with E-state index in [0.29, 0.717) is 112 Å². The van der Waals surface area contributed by atoms with Crippen LogP contribution < -0.4 is 21.2 Å². The molecule has 17 aliphatic carbocycles. The van der Waals surface area contributed by atoms with Gasteiger partial charge in [-0.15, -0.1) is 0 Å². The molecule has 0 aromatic heterocycles. The maximum absolute atomic E-state index is 7.68. The highest BCUT2D eigenvalue weighted by Gasteiger charge is 2.69. The summed E-state index contributed by atoms with van der Waals surface area (Å²) in [4.78, 5) is 0. The molecule has 17 aliphatic rings. The molecule has 26 atom stereocenters. The molecular weight excluding hydrogens is 1600 g/mol. The molecule has 26 unspecified atom stereocenters.